The van der Waals surface area contributed by atoms with Crippen LogP contribution in [-0.2, 0) is 34.6 Å². The summed E-state index contributed by atoms with van der Waals surface area (Å²) in [6.45, 7) is 5.39. The summed E-state index contributed by atoms with van der Waals surface area (Å²) in [5, 5.41) is 0. The van der Waals surface area contributed by atoms with Gasteiger partial charge in [0.15, 0.2) is 5.54 Å². The Labute approximate surface area is 182 Å². The fraction of sp³-hybridized carbons (Fsp3) is 0.304. The molecule has 1 fully saturated rings. The number of nitrogens with zero attached hydrogens (tertiary/aromatic N) is 1. The third kappa shape index (κ3) is 4.07. The van der Waals surface area contributed by atoms with Crippen LogP contribution >= 0.6 is 0 Å². The van der Waals surface area contributed by atoms with Crippen LogP contribution in [0.1, 0.15) is 31.4 Å². The molecule has 0 amide bonds. The van der Waals surface area contributed by atoms with Crippen LogP contribution in [0.2, 0.25) is 0 Å². The Balaban J connectivity index is 2.21. The normalized spacial score (nSPS) is 19.6. The summed E-state index contributed by atoms with van der Waals surface area (Å²) >= 11 is 0. The molecule has 2 aromatic carbocycles. The highest BCUT2D eigenvalue weighted by Gasteiger charge is 2.61. The van der Waals surface area contributed by atoms with Gasteiger partial charge in [-0.1, -0.05) is 48.0 Å². The van der Waals surface area contributed by atoms with E-state index in [0.717, 1.165) is 15.9 Å². The Morgan fingerprint density at radius 3 is 2.19 bits per heavy atom. The Morgan fingerprint density at radius 2 is 1.61 bits per heavy atom. The second-order valence-corrected chi connectivity index (χ2v) is 8.88. The minimum atomic E-state index is -4.19. The number of sulfonamides is 1. The lowest BCUT2D eigenvalue weighted by Gasteiger charge is -2.52. The van der Waals surface area contributed by atoms with Crippen LogP contribution in [0.5, 0.6) is 0 Å². The van der Waals surface area contributed by atoms with Gasteiger partial charge in [-0.2, -0.15) is 0 Å². The molecule has 7 nitrogen and oxygen atoms in total. The fourth-order valence-corrected chi connectivity index (χ4v) is 5.39. The first-order valence-electron chi connectivity index (χ1n) is 9.99. The maximum atomic E-state index is 13.7. The molecule has 0 radical (unpaired) electrons. The molecule has 1 aliphatic heterocycles. The summed E-state index contributed by atoms with van der Waals surface area (Å²) in [5.74, 6) is -1.37. The van der Waals surface area contributed by atoms with Gasteiger partial charge < -0.3 is 9.47 Å². The maximum Gasteiger partial charge on any atom is 0.338 e. The minimum Gasteiger partial charge on any atom is -0.464 e. The highest BCUT2D eigenvalue weighted by atomic mass is 32.2. The third-order valence-corrected chi connectivity index (χ3v) is 6.93. The Morgan fingerprint density at radius 1 is 1.00 bits per heavy atom. The molecule has 1 aliphatic rings. The molecule has 2 aromatic rings. The van der Waals surface area contributed by atoms with Crippen molar-refractivity contribution in [3.8, 4) is 0 Å². The van der Waals surface area contributed by atoms with E-state index in [0.29, 0.717) is 5.56 Å². The van der Waals surface area contributed by atoms with Crippen molar-refractivity contribution < 1.29 is 27.5 Å². The molecule has 0 saturated carbocycles. The zero-order chi connectivity index (χ0) is 22.6. The van der Waals surface area contributed by atoms with Crippen molar-refractivity contribution in [1.29, 1.82) is 0 Å². The Kier molecular flexibility index (Phi) is 6.50. The first-order chi connectivity index (χ1) is 14.8. The van der Waals surface area contributed by atoms with Crippen molar-refractivity contribution in [3.63, 3.8) is 0 Å². The van der Waals surface area contributed by atoms with Gasteiger partial charge in [0.2, 0.25) is 0 Å². The van der Waals surface area contributed by atoms with E-state index in [1.165, 1.54) is 12.1 Å². The van der Waals surface area contributed by atoms with Crippen LogP contribution in [0.25, 0.3) is 0 Å². The van der Waals surface area contributed by atoms with Gasteiger partial charge in [-0.3, -0.25) is 0 Å². The van der Waals surface area contributed by atoms with E-state index in [1.807, 2.05) is 6.92 Å². The quantitative estimate of drug-likeness (QED) is 0.482. The van der Waals surface area contributed by atoms with Crippen LogP contribution in [0.15, 0.2) is 71.3 Å². The predicted octanol–water partition coefficient (Wildman–Crippen LogP) is 3.30. The van der Waals surface area contributed by atoms with Crippen LogP contribution in [-0.4, -0.2) is 37.9 Å². The standard InChI is InChI=1S/C23H25NO6S/c1-4-29-21(25)15-19-16-23(22(26)30-5-2,18-9-7-6-8-10-18)24(19)31(27,28)20-13-11-17(3)12-14-20/h6-15H,4-5,16H2,1-3H3/b19-15+/t23-/m1/s1. The smallest absolute Gasteiger partial charge is 0.338 e. The van der Waals surface area contributed by atoms with E-state index in [9.17, 15) is 18.0 Å². The van der Waals surface area contributed by atoms with Gasteiger partial charge in [-0.05, 0) is 38.5 Å². The summed E-state index contributed by atoms with van der Waals surface area (Å²) in [6.07, 6.45) is 1.11. The molecule has 1 atom stereocenters. The SMILES string of the molecule is CCOC(=O)/C=C1\C[C@](C(=O)OCC)(c2ccccc2)N1S(=O)(=O)c1ccc(C)cc1. The number of esters is 2. The molecular weight excluding hydrogens is 418 g/mol. The summed E-state index contributed by atoms with van der Waals surface area (Å²) in [6, 6.07) is 14.9. The maximum absolute atomic E-state index is 13.7. The lowest BCUT2D eigenvalue weighted by molar-refractivity contribution is -0.159. The molecule has 164 valence electrons. The highest BCUT2D eigenvalue weighted by Crippen LogP contribution is 2.51. The van der Waals surface area contributed by atoms with Crippen molar-refractivity contribution in [3.05, 3.63) is 77.5 Å². The predicted molar refractivity (Wildman–Crippen MR) is 114 cm³/mol. The van der Waals surface area contributed by atoms with Crippen LogP contribution in [0, 0.1) is 6.92 Å². The van der Waals surface area contributed by atoms with Crippen molar-refractivity contribution in [1.82, 2.24) is 4.31 Å². The summed E-state index contributed by atoms with van der Waals surface area (Å²) < 4.78 is 38.6. The van der Waals surface area contributed by atoms with Gasteiger partial charge in [0.1, 0.15) is 0 Å². The first-order valence-corrected chi connectivity index (χ1v) is 11.4. The lowest BCUT2D eigenvalue weighted by Crippen LogP contribution is -2.62. The second kappa shape index (κ2) is 8.93. The van der Waals surface area contributed by atoms with Gasteiger partial charge in [-0.15, -0.1) is 0 Å². The molecule has 8 heteroatoms. The van der Waals surface area contributed by atoms with Gasteiger partial charge in [0.25, 0.3) is 10.0 Å². The molecule has 0 unspecified atom stereocenters. The van der Waals surface area contributed by atoms with Crippen molar-refractivity contribution in [2.45, 2.75) is 37.6 Å². The van der Waals surface area contributed by atoms with Gasteiger partial charge in [0.05, 0.1) is 18.1 Å². The number of carbonyl (C=O) groups is 2. The van der Waals surface area contributed by atoms with Crippen molar-refractivity contribution >= 4 is 22.0 Å². The zero-order valence-corrected chi connectivity index (χ0v) is 18.5. The average Bonchev–Trinajstić information content (AvgIpc) is 2.71. The monoisotopic (exact) mass is 443 g/mol. The van der Waals surface area contributed by atoms with E-state index >= 15 is 0 Å². The molecule has 0 aromatic heterocycles. The topological polar surface area (TPSA) is 90.0 Å². The first kappa shape index (κ1) is 22.6. The highest BCUT2D eigenvalue weighted by molar-refractivity contribution is 7.89. The molecule has 0 aliphatic carbocycles. The van der Waals surface area contributed by atoms with E-state index in [2.05, 4.69) is 0 Å². The summed E-state index contributed by atoms with van der Waals surface area (Å²) in [7, 11) is -4.19. The molecule has 0 bridgehead atoms. The van der Waals surface area contributed by atoms with Gasteiger partial charge in [-0.25, -0.2) is 22.3 Å². The number of hydrogen-bond donors (Lipinski definition) is 0. The number of carbonyl (C=O) groups excluding carboxylic acids is 2. The Bertz CT molecular complexity index is 1090. The van der Waals surface area contributed by atoms with E-state index in [4.69, 9.17) is 9.47 Å². The Hall–Kier alpha value is -3.13. The number of rotatable bonds is 7. The summed E-state index contributed by atoms with van der Waals surface area (Å²) in [4.78, 5) is 25.3. The lowest BCUT2D eigenvalue weighted by atomic mass is 9.78. The molecular formula is C23H25NO6S. The molecule has 3 rings (SSSR count). The van der Waals surface area contributed by atoms with Crippen LogP contribution in [0.4, 0.5) is 0 Å². The molecule has 31 heavy (non-hydrogen) atoms. The largest absolute Gasteiger partial charge is 0.464 e. The van der Waals surface area contributed by atoms with Crippen LogP contribution in [0.3, 0.4) is 0 Å². The minimum absolute atomic E-state index is 0.0113. The van der Waals surface area contributed by atoms with E-state index in [1.54, 1.807) is 56.3 Å². The fourth-order valence-electron chi connectivity index (χ4n) is 3.62. The number of hydrogen-bond acceptors (Lipinski definition) is 6. The molecule has 0 N–H and O–H groups in total. The van der Waals surface area contributed by atoms with Crippen LogP contribution < -0.4 is 0 Å². The van der Waals surface area contributed by atoms with Crippen molar-refractivity contribution in [2.24, 2.45) is 0 Å². The number of benzene rings is 2. The van der Waals surface area contributed by atoms with Gasteiger partial charge >= 0.3 is 11.9 Å². The molecule has 0 spiro atoms. The second-order valence-electron chi connectivity index (χ2n) is 7.09. The third-order valence-electron chi connectivity index (χ3n) is 5.04. The van der Waals surface area contributed by atoms with Crippen molar-refractivity contribution in [2.75, 3.05) is 13.2 Å². The number of ether oxygens (including phenoxy) is 2. The molecule has 1 heterocycles. The summed E-state index contributed by atoms with van der Waals surface area (Å²) in [5.41, 5.74) is -0.0927. The van der Waals surface area contributed by atoms with E-state index in [-0.39, 0.29) is 30.2 Å². The average molecular weight is 444 g/mol. The zero-order valence-electron chi connectivity index (χ0n) is 17.7. The van der Waals surface area contributed by atoms with E-state index < -0.39 is 27.5 Å². The number of aryl methyl sites for hydroxylation is 1. The van der Waals surface area contributed by atoms with Gasteiger partial charge in [0, 0.05) is 18.2 Å². The molecule has 1 saturated heterocycles.